The summed E-state index contributed by atoms with van der Waals surface area (Å²) in [6, 6.07) is 7.35. The van der Waals surface area contributed by atoms with Crippen molar-refractivity contribution >= 4 is 23.6 Å². The quantitative estimate of drug-likeness (QED) is 0.736. The van der Waals surface area contributed by atoms with Crippen molar-refractivity contribution in [3.8, 4) is 5.75 Å². The van der Waals surface area contributed by atoms with E-state index in [2.05, 4.69) is 15.2 Å². The molecule has 1 fully saturated rings. The third kappa shape index (κ3) is 3.98. The molecular weight excluding hydrogens is 356 g/mol. The van der Waals surface area contributed by atoms with E-state index in [4.69, 9.17) is 4.74 Å². The Morgan fingerprint density at radius 3 is 2.88 bits per heavy atom. The number of likely N-dealkylation sites (tertiary alicyclic amines) is 1. The van der Waals surface area contributed by atoms with Crippen LogP contribution in [0.1, 0.15) is 17.3 Å². The molecule has 3 rings (SSSR count). The standard InChI is InChI=1S/C17H20N4O4S/c1-10-18-17(20-19-10)26-9-15(22)21-7-13(14(8-21)16(23)24)11-4-3-5-12(6-11)25-2/h3-6,13-14H,7-9H2,1-2H3,(H,23,24)(H,18,19,20)/t13-,14+/m1/s1. The fourth-order valence-electron chi connectivity index (χ4n) is 3.07. The third-order valence-corrected chi connectivity index (χ3v) is 5.25. The Balaban J connectivity index is 1.69. The Kier molecular flexibility index (Phi) is 5.46. The molecule has 0 unspecified atom stereocenters. The van der Waals surface area contributed by atoms with Crippen molar-refractivity contribution < 1.29 is 19.4 Å². The molecule has 26 heavy (non-hydrogen) atoms. The molecule has 0 aliphatic carbocycles. The highest BCUT2D eigenvalue weighted by atomic mass is 32.2. The zero-order chi connectivity index (χ0) is 18.7. The number of amides is 1. The number of ether oxygens (including phenoxy) is 1. The summed E-state index contributed by atoms with van der Waals surface area (Å²) in [4.78, 5) is 30.0. The first kappa shape index (κ1) is 18.2. The van der Waals surface area contributed by atoms with Crippen molar-refractivity contribution in [1.82, 2.24) is 20.1 Å². The number of carbonyl (C=O) groups excluding carboxylic acids is 1. The van der Waals surface area contributed by atoms with Gasteiger partial charge in [0.15, 0.2) is 0 Å². The van der Waals surface area contributed by atoms with Gasteiger partial charge >= 0.3 is 5.97 Å². The van der Waals surface area contributed by atoms with E-state index in [1.807, 2.05) is 24.3 Å². The number of hydrogen-bond donors (Lipinski definition) is 2. The van der Waals surface area contributed by atoms with Crippen LogP contribution in [-0.4, -0.2) is 63.0 Å². The molecule has 1 aromatic carbocycles. The number of hydrogen-bond acceptors (Lipinski definition) is 6. The molecule has 0 radical (unpaired) electrons. The van der Waals surface area contributed by atoms with Gasteiger partial charge in [0.05, 0.1) is 18.8 Å². The van der Waals surface area contributed by atoms with E-state index in [1.54, 1.807) is 18.9 Å². The highest BCUT2D eigenvalue weighted by Crippen LogP contribution is 2.34. The van der Waals surface area contributed by atoms with Gasteiger partial charge in [-0.25, -0.2) is 4.98 Å². The highest BCUT2D eigenvalue weighted by Gasteiger charge is 2.40. The molecule has 0 saturated carbocycles. The molecule has 1 amide bonds. The molecule has 8 nitrogen and oxygen atoms in total. The van der Waals surface area contributed by atoms with Gasteiger partial charge in [0.2, 0.25) is 11.1 Å². The molecule has 2 aromatic rings. The van der Waals surface area contributed by atoms with E-state index in [-0.39, 0.29) is 24.1 Å². The first-order valence-corrected chi connectivity index (χ1v) is 9.13. The Morgan fingerprint density at radius 1 is 1.42 bits per heavy atom. The van der Waals surface area contributed by atoms with Crippen LogP contribution in [0.4, 0.5) is 0 Å². The number of rotatable bonds is 6. The number of thioether (sulfide) groups is 1. The molecule has 2 N–H and O–H groups in total. The lowest BCUT2D eigenvalue weighted by atomic mass is 9.89. The summed E-state index contributed by atoms with van der Waals surface area (Å²) in [5.74, 6) is -0.380. The fraction of sp³-hybridized carbons (Fsp3) is 0.412. The van der Waals surface area contributed by atoms with Crippen LogP contribution in [0.25, 0.3) is 0 Å². The second kappa shape index (κ2) is 7.77. The van der Waals surface area contributed by atoms with Crippen molar-refractivity contribution in [3.63, 3.8) is 0 Å². The number of aromatic nitrogens is 3. The lowest BCUT2D eigenvalue weighted by Gasteiger charge is -2.16. The second-order valence-electron chi connectivity index (χ2n) is 6.12. The van der Waals surface area contributed by atoms with Gasteiger partial charge in [-0.1, -0.05) is 23.9 Å². The van der Waals surface area contributed by atoms with E-state index >= 15 is 0 Å². The molecule has 1 aromatic heterocycles. The number of nitrogens with one attached hydrogen (secondary N) is 1. The van der Waals surface area contributed by atoms with Gasteiger partial charge in [-0.2, -0.15) is 0 Å². The average molecular weight is 376 g/mol. The number of aryl methyl sites for hydroxylation is 1. The number of carboxylic acid groups (broad SMARTS) is 1. The molecule has 2 heterocycles. The van der Waals surface area contributed by atoms with Crippen molar-refractivity contribution in [1.29, 1.82) is 0 Å². The van der Waals surface area contributed by atoms with E-state index < -0.39 is 11.9 Å². The van der Waals surface area contributed by atoms with Gasteiger partial charge in [-0.15, -0.1) is 5.10 Å². The molecular formula is C17H20N4O4S. The Bertz CT molecular complexity index is 810. The molecule has 0 bridgehead atoms. The van der Waals surface area contributed by atoms with Crippen molar-refractivity contribution in [2.45, 2.75) is 18.0 Å². The summed E-state index contributed by atoms with van der Waals surface area (Å²) >= 11 is 1.24. The van der Waals surface area contributed by atoms with Gasteiger partial charge in [0.25, 0.3) is 0 Å². The van der Waals surface area contributed by atoms with Crippen LogP contribution in [0, 0.1) is 12.8 Å². The topological polar surface area (TPSA) is 108 Å². The zero-order valence-corrected chi connectivity index (χ0v) is 15.3. The number of carboxylic acids is 1. The fourth-order valence-corrected chi connectivity index (χ4v) is 3.82. The average Bonchev–Trinajstić information content (AvgIpc) is 3.26. The Labute approximate surface area is 154 Å². The van der Waals surface area contributed by atoms with Gasteiger partial charge in [-0.3, -0.25) is 14.7 Å². The van der Waals surface area contributed by atoms with Crippen LogP contribution in [0.5, 0.6) is 5.75 Å². The maximum absolute atomic E-state index is 12.5. The van der Waals surface area contributed by atoms with E-state index in [1.165, 1.54) is 11.8 Å². The minimum absolute atomic E-state index is 0.117. The Morgan fingerprint density at radius 2 is 2.23 bits per heavy atom. The predicted octanol–water partition coefficient (Wildman–Crippen LogP) is 1.54. The summed E-state index contributed by atoms with van der Waals surface area (Å²) in [6.07, 6.45) is 0. The van der Waals surface area contributed by atoms with E-state index in [0.29, 0.717) is 23.3 Å². The number of benzene rings is 1. The maximum atomic E-state index is 12.5. The van der Waals surface area contributed by atoms with Crippen molar-refractivity contribution in [2.24, 2.45) is 5.92 Å². The molecule has 0 spiro atoms. The number of nitrogens with zero attached hydrogens (tertiary/aromatic N) is 3. The lowest BCUT2D eigenvalue weighted by molar-refractivity contribution is -0.141. The van der Waals surface area contributed by atoms with Crippen LogP contribution in [-0.2, 0) is 9.59 Å². The number of carbonyl (C=O) groups is 2. The first-order valence-electron chi connectivity index (χ1n) is 8.14. The van der Waals surface area contributed by atoms with E-state index in [9.17, 15) is 14.7 Å². The summed E-state index contributed by atoms with van der Waals surface area (Å²) in [6.45, 7) is 2.36. The smallest absolute Gasteiger partial charge is 0.308 e. The number of aromatic amines is 1. The summed E-state index contributed by atoms with van der Waals surface area (Å²) in [5.41, 5.74) is 0.865. The van der Waals surface area contributed by atoms with Gasteiger partial charge in [0.1, 0.15) is 11.6 Å². The number of methoxy groups -OCH3 is 1. The number of aliphatic carboxylic acids is 1. The van der Waals surface area contributed by atoms with Crippen LogP contribution in [0.15, 0.2) is 29.4 Å². The number of H-pyrrole nitrogens is 1. The molecule has 1 aliphatic heterocycles. The predicted molar refractivity (Wildman–Crippen MR) is 95.3 cm³/mol. The normalized spacial score (nSPS) is 19.5. The zero-order valence-electron chi connectivity index (χ0n) is 14.5. The van der Waals surface area contributed by atoms with Gasteiger partial charge < -0.3 is 14.7 Å². The van der Waals surface area contributed by atoms with Crippen molar-refractivity contribution in [2.75, 3.05) is 26.0 Å². The molecule has 138 valence electrons. The maximum Gasteiger partial charge on any atom is 0.308 e. The van der Waals surface area contributed by atoms with Crippen LogP contribution in [0.3, 0.4) is 0 Å². The van der Waals surface area contributed by atoms with E-state index in [0.717, 1.165) is 5.56 Å². The minimum atomic E-state index is -0.898. The Hall–Kier alpha value is -2.55. The van der Waals surface area contributed by atoms with Crippen LogP contribution in [0.2, 0.25) is 0 Å². The highest BCUT2D eigenvalue weighted by molar-refractivity contribution is 7.99. The van der Waals surface area contributed by atoms with Crippen LogP contribution >= 0.6 is 11.8 Å². The largest absolute Gasteiger partial charge is 0.497 e. The molecule has 1 aliphatic rings. The molecule has 1 saturated heterocycles. The first-order chi connectivity index (χ1) is 12.5. The third-order valence-electron chi connectivity index (χ3n) is 4.41. The second-order valence-corrected chi connectivity index (χ2v) is 7.06. The lowest BCUT2D eigenvalue weighted by Crippen LogP contribution is -2.31. The van der Waals surface area contributed by atoms with Crippen molar-refractivity contribution in [3.05, 3.63) is 35.7 Å². The monoisotopic (exact) mass is 376 g/mol. The van der Waals surface area contributed by atoms with Gasteiger partial charge in [-0.05, 0) is 24.6 Å². The summed E-state index contributed by atoms with van der Waals surface area (Å²) in [5, 5.41) is 16.8. The molecule has 9 heteroatoms. The SMILES string of the molecule is COc1cccc([C@H]2CN(C(=O)CSc3n[nH]c(C)n3)C[C@@H]2C(=O)O)c1. The summed E-state index contributed by atoms with van der Waals surface area (Å²) < 4.78 is 5.23. The summed E-state index contributed by atoms with van der Waals surface area (Å²) in [7, 11) is 1.57. The van der Waals surface area contributed by atoms with Crippen LogP contribution < -0.4 is 4.74 Å². The van der Waals surface area contributed by atoms with Gasteiger partial charge in [0, 0.05) is 19.0 Å². The minimum Gasteiger partial charge on any atom is -0.497 e. The molecule has 2 atom stereocenters.